The first-order valence-electron chi connectivity index (χ1n) is 11.3. The van der Waals surface area contributed by atoms with Gasteiger partial charge in [0, 0.05) is 5.56 Å². The summed E-state index contributed by atoms with van der Waals surface area (Å²) in [6.07, 6.45) is 1.65. The summed E-state index contributed by atoms with van der Waals surface area (Å²) < 4.78 is 16.1. The van der Waals surface area contributed by atoms with Crippen LogP contribution in [0.5, 0.6) is 11.5 Å². The minimum Gasteiger partial charge on any atom is -0.494 e. The Hall–Kier alpha value is -3.66. The Labute approximate surface area is 210 Å². The van der Waals surface area contributed by atoms with Gasteiger partial charge in [-0.15, -0.1) is 0 Å². The van der Waals surface area contributed by atoms with Gasteiger partial charge in [0.2, 0.25) is 0 Å². The highest BCUT2D eigenvalue weighted by atomic mass is 32.1. The van der Waals surface area contributed by atoms with Crippen LogP contribution in [0.15, 0.2) is 48.5 Å². The molecular weight excluding hydrogens is 470 g/mol. The lowest BCUT2D eigenvalue weighted by molar-refractivity contribution is -0.123. The zero-order valence-electron chi connectivity index (χ0n) is 20.1. The molecule has 0 atom stereocenters. The number of thiocarbonyl (C=S) groups is 1. The third-order valence-corrected chi connectivity index (χ3v) is 4.70. The van der Waals surface area contributed by atoms with Crippen molar-refractivity contribution in [3.8, 4) is 11.5 Å². The maximum absolute atomic E-state index is 12.4. The van der Waals surface area contributed by atoms with Crippen molar-refractivity contribution in [2.45, 2.75) is 33.6 Å². The molecule has 2 amide bonds. The number of hydrazine groups is 1. The molecule has 2 aromatic carbocycles. The van der Waals surface area contributed by atoms with Crippen molar-refractivity contribution >= 4 is 35.1 Å². The van der Waals surface area contributed by atoms with E-state index in [4.69, 9.17) is 26.4 Å². The second kappa shape index (κ2) is 14.6. The van der Waals surface area contributed by atoms with Crippen LogP contribution in [0, 0.1) is 5.92 Å². The second-order valence-electron chi connectivity index (χ2n) is 7.96. The lowest BCUT2D eigenvalue weighted by atomic mass is 10.1. The topological polar surface area (TPSA) is 115 Å². The van der Waals surface area contributed by atoms with Gasteiger partial charge in [-0.1, -0.05) is 26.8 Å². The Balaban J connectivity index is 1.72. The summed E-state index contributed by atoms with van der Waals surface area (Å²) in [6, 6.07) is 13.0. The van der Waals surface area contributed by atoms with E-state index in [1.807, 2.05) is 6.92 Å². The van der Waals surface area contributed by atoms with Crippen LogP contribution in [0.25, 0.3) is 0 Å². The molecule has 0 bridgehead atoms. The van der Waals surface area contributed by atoms with Crippen molar-refractivity contribution in [3.05, 3.63) is 59.7 Å². The molecule has 2 aromatic rings. The molecule has 0 unspecified atom stereocenters. The van der Waals surface area contributed by atoms with Crippen LogP contribution < -0.4 is 25.6 Å². The number of rotatable bonds is 11. The fourth-order valence-electron chi connectivity index (χ4n) is 2.62. The fourth-order valence-corrected chi connectivity index (χ4v) is 2.77. The van der Waals surface area contributed by atoms with Gasteiger partial charge in [-0.2, -0.15) is 0 Å². The first-order valence-corrected chi connectivity index (χ1v) is 11.7. The van der Waals surface area contributed by atoms with Crippen molar-refractivity contribution < 1.29 is 28.6 Å². The third kappa shape index (κ3) is 10.4. The Morgan fingerprint density at radius 2 is 1.66 bits per heavy atom. The average molecular weight is 502 g/mol. The van der Waals surface area contributed by atoms with E-state index in [1.165, 1.54) is 0 Å². The van der Waals surface area contributed by atoms with Gasteiger partial charge < -0.3 is 14.2 Å². The summed E-state index contributed by atoms with van der Waals surface area (Å²) in [7, 11) is 0. The van der Waals surface area contributed by atoms with Crippen LogP contribution >= 0.6 is 12.2 Å². The molecule has 9 nitrogen and oxygen atoms in total. The molecule has 0 radical (unpaired) electrons. The van der Waals surface area contributed by atoms with Gasteiger partial charge in [0.1, 0.15) is 11.5 Å². The highest BCUT2D eigenvalue weighted by Gasteiger charge is 2.11. The summed E-state index contributed by atoms with van der Waals surface area (Å²) >= 11 is 5.05. The summed E-state index contributed by atoms with van der Waals surface area (Å²) in [5.74, 6) is 0.133. The van der Waals surface area contributed by atoms with Crippen LogP contribution in [0.1, 0.15) is 54.3 Å². The number of carbonyl (C=O) groups is 3. The minimum atomic E-state index is -0.520. The molecule has 0 aliphatic carbocycles. The number of carbonyl (C=O) groups excluding carboxylic acids is 3. The van der Waals surface area contributed by atoms with Crippen LogP contribution in [0.3, 0.4) is 0 Å². The lowest BCUT2D eigenvalue weighted by Gasteiger charge is -2.12. The first-order chi connectivity index (χ1) is 16.8. The molecule has 0 fully saturated rings. The number of benzene rings is 2. The molecule has 10 heteroatoms. The summed E-state index contributed by atoms with van der Waals surface area (Å²) in [5.41, 5.74) is 5.56. The van der Waals surface area contributed by atoms with Gasteiger partial charge in [-0.05, 0) is 73.4 Å². The molecule has 0 aliphatic heterocycles. The van der Waals surface area contributed by atoms with E-state index in [-0.39, 0.29) is 11.7 Å². The second-order valence-corrected chi connectivity index (χ2v) is 8.37. The summed E-state index contributed by atoms with van der Waals surface area (Å²) in [6.45, 7) is 6.74. The molecule has 188 valence electrons. The number of ether oxygens (including phenoxy) is 3. The van der Waals surface area contributed by atoms with Gasteiger partial charge in [0.05, 0.1) is 18.8 Å². The zero-order chi connectivity index (χ0) is 25.6. The maximum Gasteiger partial charge on any atom is 0.338 e. The number of hydrogen-bond acceptors (Lipinski definition) is 7. The monoisotopic (exact) mass is 501 g/mol. The van der Waals surface area contributed by atoms with E-state index in [0.29, 0.717) is 41.8 Å². The molecule has 0 aromatic heterocycles. The van der Waals surface area contributed by atoms with Crippen molar-refractivity contribution in [2.24, 2.45) is 5.92 Å². The highest BCUT2D eigenvalue weighted by molar-refractivity contribution is 7.80. The molecule has 0 aliphatic rings. The standard InChI is InChI=1S/C25H31N3O6S/c1-4-13-33-24(31)18-8-10-20(11-9-18)34-16-22(29)27-28-25(35)26-23(30)19-6-5-7-21(15-19)32-14-12-17(2)3/h5-11,15,17H,4,12-14,16H2,1-3H3,(H,27,29)(H2,26,28,30,35). The molecule has 0 heterocycles. The van der Waals surface area contributed by atoms with Crippen molar-refractivity contribution in [1.29, 1.82) is 0 Å². The lowest BCUT2D eigenvalue weighted by Crippen LogP contribution is -2.49. The number of esters is 1. The van der Waals surface area contributed by atoms with Crippen LogP contribution in [-0.2, 0) is 9.53 Å². The Morgan fingerprint density at radius 1 is 0.914 bits per heavy atom. The SMILES string of the molecule is CCCOC(=O)c1ccc(OCC(=O)NNC(=S)NC(=O)c2cccc(OCCC(C)C)c2)cc1. The smallest absolute Gasteiger partial charge is 0.338 e. The average Bonchev–Trinajstić information content (AvgIpc) is 2.85. The van der Waals surface area contributed by atoms with Crippen molar-refractivity contribution in [2.75, 3.05) is 19.8 Å². The molecule has 3 N–H and O–H groups in total. The van der Waals surface area contributed by atoms with E-state index in [2.05, 4.69) is 30.0 Å². The van der Waals surface area contributed by atoms with Gasteiger partial charge in [0.15, 0.2) is 11.7 Å². The molecule has 0 saturated carbocycles. The van der Waals surface area contributed by atoms with Crippen molar-refractivity contribution in [3.63, 3.8) is 0 Å². The number of nitrogens with one attached hydrogen (secondary N) is 3. The van der Waals surface area contributed by atoms with Gasteiger partial charge in [-0.3, -0.25) is 25.8 Å². The van der Waals surface area contributed by atoms with Crippen LogP contribution in [0.4, 0.5) is 0 Å². The molecule has 0 saturated heterocycles. The van der Waals surface area contributed by atoms with E-state index in [9.17, 15) is 14.4 Å². The normalized spacial score (nSPS) is 10.3. The van der Waals surface area contributed by atoms with Gasteiger partial charge in [-0.25, -0.2) is 4.79 Å². The predicted molar refractivity (Wildman–Crippen MR) is 135 cm³/mol. The maximum atomic E-state index is 12.4. The Kier molecular flexibility index (Phi) is 11.5. The fraction of sp³-hybridized carbons (Fsp3) is 0.360. The summed E-state index contributed by atoms with van der Waals surface area (Å²) in [5, 5.41) is 2.41. The van der Waals surface area contributed by atoms with E-state index < -0.39 is 17.8 Å². The van der Waals surface area contributed by atoms with E-state index in [0.717, 1.165) is 12.8 Å². The van der Waals surface area contributed by atoms with E-state index in [1.54, 1.807) is 48.5 Å². The van der Waals surface area contributed by atoms with Crippen LogP contribution in [0.2, 0.25) is 0 Å². The predicted octanol–water partition coefficient (Wildman–Crippen LogP) is 3.39. The molecule has 0 spiro atoms. The number of amides is 2. The minimum absolute atomic E-state index is 0.0792. The highest BCUT2D eigenvalue weighted by Crippen LogP contribution is 2.15. The quantitative estimate of drug-likeness (QED) is 0.244. The van der Waals surface area contributed by atoms with Gasteiger partial charge in [0.25, 0.3) is 11.8 Å². The Morgan fingerprint density at radius 3 is 2.34 bits per heavy atom. The Bertz CT molecular complexity index is 1010. The van der Waals surface area contributed by atoms with Crippen molar-refractivity contribution in [1.82, 2.24) is 16.2 Å². The third-order valence-electron chi connectivity index (χ3n) is 4.50. The van der Waals surface area contributed by atoms with E-state index >= 15 is 0 Å². The molecule has 35 heavy (non-hydrogen) atoms. The molecular formula is C25H31N3O6S. The summed E-state index contributed by atoms with van der Waals surface area (Å²) in [4.78, 5) is 36.2. The van der Waals surface area contributed by atoms with Gasteiger partial charge >= 0.3 is 5.97 Å². The van der Waals surface area contributed by atoms with Crippen LogP contribution in [-0.4, -0.2) is 42.7 Å². The number of hydrogen-bond donors (Lipinski definition) is 3. The largest absolute Gasteiger partial charge is 0.494 e. The molecule has 2 rings (SSSR count). The zero-order valence-corrected chi connectivity index (χ0v) is 20.9. The first kappa shape index (κ1) is 27.6.